The number of nitrogens with zero attached hydrogens (tertiary/aromatic N) is 2. The van der Waals surface area contributed by atoms with Gasteiger partial charge in [0, 0.05) is 25.9 Å². The number of halogens is 1. The van der Waals surface area contributed by atoms with Crippen LogP contribution in [-0.4, -0.2) is 31.3 Å². The van der Waals surface area contributed by atoms with Crippen molar-refractivity contribution >= 4 is 27.3 Å². The van der Waals surface area contributed by atoms with Crippen LogP contribution < -0.4 is 10.6 Å². The van der Waals surface area contributed by atoms with Gasteiger partial charge in [-0.3, -0.25) is 4.98 Å². The summed E-state index contributed by atoms with van der Waals surface area (Å²) in [4.78, 5) is 6.43. The zero-order chi connectivity index (χ0) is 13.1. The number of pyridine rings is 1. The van der Waals surface area contributed by atoms with Crippen LogP contribution in [0.15, 0.2) is 16.9 Å². The van der Waals surface area contributed by atoms with Crippen LogP contribution >= 0.6 is 15.9 Å². The maximum absolute atomic E-state index is 6.08. The number of nitrogens with two attached hydrogens (primary N) is 1. The highest BCUT2D eigenvalue weighted by molar-refractivity contribution is 9.10. The second-order valence-electron chi connectivity index (χ2n) is 4.82. The van der Waals surface area contributed by atoms with Crippen molar-refractivity contribution < 1.29 is 4.74 Å². The minimum atomic E-state index is 0.487. The van der Waals surface area contributed by atoms with Crippen molar-refractivity contribution in [3.8, 4) is 0 Å². The molecule has 2 N–H and O–H groups in total. The Hall–Kier alpha value is -0.810. The van der Waals surface area contributed by atoms with Gasteiger partial charge in [-0.05, 0) is 41.6 Å². The average Bonchev–Trinajstić information content (AvgIpc) is 3.16. The second-order valence-corrected chi connectivity index (χ2v) is 5.68. The molecule has 1 aromatic heterocycles. The van der Waals surface area contributed by atoms with Gasteiger partial charge >= 0.3 is 0 Å². The Bertz CT molecular complexity index is 389. The smallest absolute Gasteiger partial charge is 0.0779 e. The Morgan fingerprint density at radius 2 is 2.28 bits per heavy atom. The molecule has 4 nitrogen and oxygen atoms in total. The van der Waals surface area contributed by atoms with Crippen molar-refractivity contribution in [2.45, 2.75) is 25.8 Å². The van der Waals surface area contributed by atoms with Crippen LogP contribution in [0.5, 0.6) is 0 Å². The van der Waals surface area contributed by atoms with E-state index in [4.69, 9.17) is 10.5 Å². The summed E-state index contributed by atoms with van der Waals surface area (Å²) >= 11 is 3.55. The predicted molar refractivity (Wildman–Crippen MR) is 77.8 cm³/mol. The summed E-state index contributed by atoms with van der Waals surface area (Å²) in [5, 5.41) is 0. The summed E-state index contributed by atoms with van der Waals surface area (Å²) in [5.74, 6) is 0.779. The second kappa shape index (κ2) is 5.89. The molecule has 0 spiro atoms. The first-order valence-corrected chi connectivity index (χ1v) is 7.09. The van der Waals surface area contributed by atoms with E-state index in [0.717, 1.165) is 22.6 Å². The summed E-state index contributed by atoms with van der Waals surface area (Å²) in [6.07, 6.45) is 6.13. The number of anilines is 2. The molecule has 0 aromatic carbocycles. The third kappa shape index (κ3) is 2.95. The molecule has 2 rings (SSSR count). The van der Waals surface area contributed by atoms with Gasteiger partial charge in [0.05, 0.1) is 28.7 Å². The van der Waals surface area contributed by atoms with Gasteiger partial charge in [-0.15, -0.1) is 0 Å². The lowest BCUT2D eigenvalue weighted by Gasteiger charge is -2.33. The first-order chi connectivity index (χ1) is 8.65. The van der Waals surface area contributed by atoms with E-state index in [1.165, 1.54) is 12.8 Å². The van der Waals surface area contributed by atoms with Crippen molar-refractivity contribution in [3.05, 3.63) is 16.9 Å². The summed E-state index contributed by atoms with van der Waals surface area (Å²) < 4.78 is 6.16. The molecule has 18 heavy (non-hydrogen) atoms. The lowest BCUT2D eigenvalue weighted by atomic mass is 10.1. The monoisotopic (exact) mass is 313 g/mol. The Morgan fingerprint density at radius 3 is 2.83 bits per heavy atom. The van der Waals surface area contributed by atoms with Crippen molar-refractivity contribution in [3.63, 3.8) is 0 Å². The third-order valence-corrected chi connectivity index (χ3v) is 4.10. The van der Waals surface area contributed by atoms with Gasteiger partial charge < -0.3 is 15.4 Å². The largest absolute Gasteiger partial charge is 0.396 e. The van der Waals surface area contributed by atoms with E-state index in [2.05, 4.69) is 32.7 Å². The molecule has 0 aliphatic heterocycles. The minimum Gasteiger partial charge on any atom is -0.396 e. The lowest BCUT2D eigenvalue weighted by Crippen LogP contribution is -2.38. The van der Waals surface area contributed by atoms with Gasteiger partial charge in [0.2, 0.25) is 0 Å². The molecule has 1 fully saturated rings. The Labute approximate surface area is 117 Å². The molecule has 1 saturated carbocycles. The summed E-state index contributed by atoms with van der Waals surface area (Å²) in [7, 11) is 1.73. The molecule has 0 saturated heterocycles. The van der Waals surface area contributed by atoms with E-state index >= 15 is 0 Å². The number of hydrogen-bond acceptors (Lipinski definition) is 4. The molecule has 0 amide bonds. The van der Waals surface area contributed by atoms with Crippen LogP contribution in [0.1, 0.15) is 19.8 Å². The summed E-state index contributed by atoms with van der Waals surface area (Å²) in [6.45, 7) is 3.81. The van der Waals surface area contributed by atoms with Gasteiger partial charge in [0.25, 0.3) is 0 Å². The maximum atomic E-state index is 6.08. The normalized spacial score (nSPS) is 16.6. The number of ether oxygens (including phenoxy) is 1. The Morgan fingerprint density at radius 1 is 1.56 bits per heavy atom. The van der Waals surface area contributed by atoms with Crippen LogP contribution in [0.2, 0.25) is 0 Å². The lowest BCUT2D eigenvalue weighted by molar-refractivity contribution is 0.202. The minimum absolute atomic E-state index is 0.487. The number of nitrogen functional groups attached to an aromatic ring is 1. The number of methoxy groups -OCH3 is 1. The molecule has 1 atom stereocenters. The van der Waals surface area contributed by atoms with E-state index < -0.39 is 0 Å². The van der Waals surface area contributed by atoms with E-state index in [0.29, 0.717) is 18.3 Å². The molecular weight excluding hydrogens is 294 g/mol. The Kier molecular flexibility index (Phi) is 4.45. The van der Waals surface area contributed by atoms with Crippen LogP contribution in [0.3, 0.4) is 0 Å². The third-order valence-electron chi connectivity index (χ3n) is 3.52. The first kappa shape index (κ1) is 13.6. The van der Waals surface area contributed by atoms with Crippen molar-refractivity contribution in [2.24, 2.45) is 5.92 Å². The topological polar surface area (TPSA) is 51.4 Å². The van der Waals surface area contributed by atoms with Gasteiger partial charge in [0.15, 0.2) is 0 Å². The van der Waals surface area contributed by atoms with Gasteiger partial charge in [-0.1, -0.05) is 0 Å². The highest BCUT2D eigenvalue weighted by Crippen LogP contribution is 2.40. The van der Waals surface area contributed by atoms with Crippen LogP contribution in [0.25, 0.3) is 0 Å². The van der Waals surface area contributed by atoms with Crippen molar-refractivity contribution in [1.29, 1.82) is 0 Å². The molecule has 1 aliphatic carbocycles. The van der Waals surface area contributed by atoms with E-state index in [1.807, 2.05) is 0 Å². The zero-order valence-corrected chi connectivity index (χ0v) is 12.5. The average molecular weight is 314 g/mol. The highest BCUT2D eigenvalue weighted by atomic mass is 79.9. The van der Waals surface area contributed by atoms with Gasteiger partial charge in [0.1, 0.15) is 0 Å². The standard InChI is InChI=1S/C13H20BrN3O/c1-9(10-3-4-10)17(5-6-18-2)13-11(14)7-16-8-12(13)15/h7-10H,3-6,15H2,1-2H3. The van der Waals surface area contributed by atoms with Crippen LogP contribution in [-0.2, 0) is 4.74 Å². The van der Waals surface area contributed by atoms with E-state index in [1.54, 1.807) is 19.5 Å². The summed E-state index contributed by atoms with van der Waals surface area (Å²) in [5.41, 5.74) is 7.84. The number of hydrogen-bond donors (Lipinski definition) is 1. The zero-order valence-electron chi connectivity index (χ0n) is 10.9. The van der Waals surface area contributed by atoms with Crippen molar-refractivity contribution in [1.82, 2.24) is 4.98 Å². The Balaban J connectivity index is 2.26. The molecule has 0 bridgehead atoms. The predicted octanol–water partition coefficient (Wildman–Crippen LogP) is 2.68. The molecular formula is C13H20BrN3O. The molecule has 1 aromatic rings. The number of rotatable bonds is 6. The van der Waals surface area contributed by atoms with Crippen LogP contribution in [0, 0.1) is 5.92 Å². The molecule has 1 aliphatic rings. The first-order valence-electron chi connectivity index (χ1n) is 6.29. The maximum Gasteiger partial charge on any atom is 0.0779 e. The van der Waals surface area contributed by atoms with Gasteiger partial charge in [-0.2, -0.15) is 0 Å². The van der Waals surface area contributed by atoms with Gasteiger partial charge in [-0.25, -0.2) is 0 Å². The molecule has 1 unspecified atom stereocenters. The van der Waals surface area contributed by atoms with Crippen molar-refractivity contribution in [2.75, 3.05) is 30.9 Å². The molecule has 5 heteroatoms. The fraction of sp³-hybridized carbons (Fsp3) is 0.615. The number of aromatic nitrogens is 1. The SMILES string of the molecule is COCCN(c1c(N)cncc1Br)C(C)C1CC1. The fourth-order valence-corrected chi connectivity index (χ4v) is 2.86. The molecule has 1 heterocycles. The molecule has 0 radical (unpaired) electrons. The quantitative estimate of drug-likeness (QED) is 0.877. The van der Waals surface area contributed by atoms with E-state index in [-0.39, 0.29) is 0 Å². The molecule has 100 valence electrons. The fourth-order valence-electron chi connectivity index (χ4n) is 2.29. The van der Waals surface area contributed by atoms with Crippen LogP contribution in [0.4, 0.5) is 11.4 Å². The summed E-state index contributed by atoms with van der Waals surface area (Å²) in [6, 6.07) is 0.487. The van der Waals surface area contributed by atoms with E-state index in [9.17, 15) is 0 Å². The highest BCUT2D eigenvalue weighted by Gasteiger charge is 2.33.